The molecule has 4 nitrogen and oxygen atoms in total. The molecule has 2 rings (SSSR count). The molecule has 0 atom stereocenters. The second kappa shape index (κ2) is 7.44. The Morgan fingerprint density at radius 1 is 1.17 bits per heavy atom. The average molecular weight is 355 g/mol. The summed E-state index contributed by atoms with van der Waals surface area (Å²) in [5, 5.41) is 2.98. The number of hydrogen-bond donors (Lipinski definition) is 1. The molecule has 0 aliphatic carbocycles. The van der Waals surface area contributed by atoms with Crippen molar-refractivity contribution in [1.29, 1.82) is 0 Å². The number of halogens is 3. The van der Waals surface area contributed by atoms with Crippen molar-refractivity contribution in [2.45, 2.75) is 6.92 Å². The lowest BCUT2D eigenvalue weighted by Gasteiger charge is -2.22. The normalized spacial score (nSPS) is 10.3. The molecule has 23 heavy (non-hydrogen) atoms. The summed E-state index contributed by atoms with van der Waals surface area (Å²) < 4.78 is 13.1. The maximum Gasteiger partial charge on any atom is 0.244 e. The van der Waals surface area contributed by atoms with E-state index in [-0.39, 0.29) is 22.5 Å². The van der Waals surface area contributed by atoms with Gasteiger partial charge in [-0.15, -0.1) is 0 Å². The van der Waals surface area contributed by atoms with Crippen LogP contribution in [0.15, 0.2) is 42.5 Å². The Labute approximate surface area is 142 Å². The van der Waals surface area contributed by atoms with Gasteiger partial charge in [0.1, 0.15) is 12.4 Å². The fourth-order valence-electron chi connectivity index (χ4n) is 1.98. The van der Waals surface area contributed by atoms with Gasteiger partial charge < -0.3 is 10.2 Å². The van der Waals surface area contributed by atoms with Crippen LogP contribution in [0.5, 0.6) is 0 Å². The van der Waals surface area contributed by atoms with Crippen LogP contribution in [0, 0.1) is 5.82 Å². The Hall–Kier alpha value is -2.11. The fraction of sp³-hybridized carbons (Fsp3) is 0.125. The van der Waals surface area contributed by atoms with Gasteiger partial charge in [0, 0.05) is 12.6 Å². The van der Waals surface area contributed by atoms with E-state index in [4.69, 9.17) is 23.2 Å². The second-order valence-electron chi connectivity index (χ2n) is 4.74. The number of carbonyl (C=O) groups excluding carboxylic acids is 2. The first-order valence-corrected chi connectivity index (χ1v) is 7.41. The zero-order valence-corrected chi connectivity index (χ0v) is 13.7. The molecule has 2 aromatic carbocycles. The molecule has 0 saturated heterocycles. The Balaban J connectivity index is 2.18. The van der Waals surface area contributed by atoms with E-state index >= 15 is 0 Å². The third kappa shape index (κ3) is 4.43. The highest BCUT2D eigenvalue weighted by molar-refractivity contribution is 6.44. The first-order chi connectivity index (χ1) is 10.9. The van der Waals surface area contributed by atoms with Gasteiger partial charge in [-0.2, -0.15) is 0 Å². The molecule has 2 amide bonds. The molecule has 0 radical (unpaired) electrons. The van der Waals surface area contributed by atoms with Crippen LogP contribution in [-0.2, 0) is 9.59 Å². The van der Waals surface area contributed by atoms with Gasteiger partial charge in [-0.05, 0) is 30.3 Å². The molecule has 0 unspecified atom stereocenters. The molecule has 0 aromatic heterocycles. The highest BCUT2D eigenvalue weighted by Crippen LogP contribution is 2.32. The van der Waals surface area contributed by atoms with Crippen molar-refractivity contribution in [1.82, 2.24) is 0 Å². The zero-order chi connectivity index (χ0) is 17.0. The number of carbonyl (C=O) groups is 2. The molecule has 0 bridgehead atoms. The van der Waals surface area contributed by atoms with Crippen molar-refractivity contribution in [2.24, 2.45) is 0 Å². The second-order valence-corrected chi connectivity index (χ2v) is 5.52. The van der Waals surface area contributed by atoms with Gasteiger partial charge in [0.25, 0.3) is 0 Å². The van der Waals surface area contributed by atoms with Crippen molar-refractivity contribution in [2.75, 3.05) is 16.8 Å². The zero-order valence-electron chi connectivity index (χ0n) is 12.1. The van der Waals surface area contributed by atoms with Gasteiger partial charge >= 0.3 is 0 Å². The molecule has 0 fully saturated rings. The topological polar surface area (TPSA) is 49.4 Å². The first-order valence-electron chi connectivity index (χ1n) is 6.66. The number of anilines is 2. The van der Waals surface area contributed by atoms with E-state index in [1.54, 1.807) is 24.3 Å². The summed E-state index contributed by atoms with van der Waals surface area (Å²) in [6.07, 6.45) is 0. The summed E-state index contributed by atoms with van der Waals surface area (Å²) in [5.41, 5.74) is 0.636. The number of nitrogens with zero attached hydrogens (tertiary/aromatic N) is 1. The molecule has 0 aliphatic rings. The van der Waals surface area contributed by atoms with Crippen molar-refractivity contribution in [3.63, 3.8) is 0 Å². The van der Waals surface area contributed by atoms with E-state index in [2.05, 4.69) is 5.32 Å². The van der Waals surface area contributed by atoms with Gasteiger partial charge in [0.05, 0.1) is 15.7 Å². The monoisotopic (exact) mass is 354 g/mol. The minimum Gasteiger partial charge on any atom is -0.324 e. The SMILES string of the molecule is CC(=O)N(CC(=O)Nc1cccc(F)c1)c1cccc(Cl)c1Cl. The minimum atomic E-state index is -0.484. The number of benzene rings is 2. The lowest BCUT2D eigenvalue weighted by Crippen LogP contribution is -2.36. The molecule has 0 spiro atoms. The summed E-state index contributed by atoms with van der Waals surface area (Å²) >= 11 is 12.0. The van der Waals surface area contributed by atoms with Crippen LogP contribution < -0.4 is 10.2 Å². The molecule has 120 valence electrons. The third-order valence-electron chi connectivity index (χ3n) is 3.01. The summed E-state index contributed by atoms with van der Waals surface area (Å²) in [6.45, 7) is 1.04. The van der Waals surface area contributed by atoms with Crippen LogP contribution in [0.25, 0.3) is 0 Å². The number of nitrogens with one attached hydrogen (secondary N) is 1. The predicted molar refractivity (Wildman–Crippen MR) is 89.5 cm³/mol. The molecular weight excluding hydrogens is 342 g/mol. The molecule has 2 aromatic rings. The maximum absolute atomic E-state index is 13.1. The minimum absolute atomic E-state index is 0.183. The third-order valence-corrected chi connectivity index (χ3v) is 3.82. The lowest BCUT2D eigenvalue weighted by atomic mass is 10.2. The maximum atomic E-state index is 13.1. The lowest BCUT2D eigenvalue weighted by molar-refractivity contribution is -0.120. The fourth-order valence-corrected chi connectivity index (χ4v) is 2.37. The van der Waals surface area contributed by atoms with Gasteiger partial charge in [-0.3, -0.25) is 9.59 Å². The van der Waals surface area contributed by atoms with E-state index in [0.717, 1.165) is 0 Å². The average Bonchev–Trinajstić information content (AvgIpc) is 2.48. The molecular formula is C16H13Cl2FN2O2. The molecule has 1 N–H and O–H groups in total. The van der Waals surface area contributed by atoms with Crippen LogP contribution in [-0.4, -0.2) is 18.4 Å². The standard InChI is InChI=1S/C16H13Cl2FN2O2/c1-10(22)21(14-7-3-6-13(17)16(14)18)9-15(23)20-12-5-2-4-11(19)8-12/h2-8H,9H2,1H3,(H,20,23). The van der Waals surface area contributed by atoms with Crippen LogP contribution >= 0.6 is 23.2 Å². The van der Waals surface area contributed by atoms with E-state index in [0.29, 0.717) is 11.4 Å². The smallest absolute Gasteiger partial charge is 0.244 e. The van der Waals surface area contributed by atoms with Crippen molar-refractivity contribution in [3.05, 3.63) is 58.3 Å². The molecule has 7 heteroatoms. The van der Waals surface area contributed by atoms with Gasteiger partial charge in [0.2, 0.25) is 11.8 Å². The van der Waals surface area contributed by atoms with Gasteiger partial charge in [-0.25, -0.2) is 4.39 Å². The van der Waals surface area contributed by atoms with Crippen molar-refractivity contribution in [3.8, 4) is 0 Å². The summed E-state index contributed by atoms with van der Waals surface area (Å²) in [7, 11) is 0. The van der Waals surface area contributed by atoms with E-state index < -0.39 is 11.7 Å². The first kappa shape index (κ1) is 17.2. The van der Waals surface area contributed by atoms with Gasteiger partial charge in [-0.1, -0.05) is 35.3 Å². The Morgan fingerprint density at radius 3 is 2.52 bits per heavy atom. The number of amides is 2. The van der Waals surface area contributed by atoms with E-state index in [9.17, 15) is 14.0 Å². The van der Waals surface area contributed by atoms with Crippen molar-refractivity contribution < 1.29 is 14.0 Å². The summed E-state index contributed by atoms with van der Waals surface area (Å²) in [6, 6.07) is 10.3. The van der Waals surface area contributed by atoms with E-state index in [1.165, 1.54) is 30.0 Å². The van der Waals surface area contributed by atoms with Crippen LogP contribution in [0.2, 0.25) is 10.0 Å². The van der Waals surface area contributed by atoms with Crippen LogP contribution in [0.4, 0.5) is 15.8 Å². The summed E-state index contributed by atoms with van der Waals surface area (Å²) in [4.78, 5) is 25.1. The summed E-state index contributed by atoms with van der Waals surface area (Å²) in [5.74, 6) is -1.32. The predicted octanol–water partition coefficient (Wildman–Crippen LogP) is 4.12. The largest absolute Gasteiger partial charge is 0.324 e. The highest BCUT2D eigenvalue weighted by Gasteiger charge is 2.19. The van der Waals surface area contributed by atoms with Gasteiger partial charge in [0.15, 0.2) is 0 Å². The molecule has 0 aliphatic heterocycles. The quantitative estimate of drug-likeness (QED) is 0.897. The van der Waals surface area contributed by atoms with Crippen LogP contribution in [0.1, 0.15) is 6.92 Å². The Bertz CT molecular complexity index is 753. The highest BCUT2D eigenvalue weighted by atomic mass is 35.5. The molecule has 0 saturated carbocycles. The van der Waals surface area contributed by atoms with Crippen LogP contribution in [0.3, 0.4) is 0 Å². The number of rotatable bonds is 4. The Morgan fingerprint density at radius 2 is 1.87 bits per heavy atom. The van der Waals surface area contributed by atoms with Crippen molar-refractivity contribution >= 4 is 46.4 Å². The van der Waals surface area contributed by atoms with E-state index in [1.807, 2.05) is 0 Å². The molecule has 0 heterocycles. The Kier molecular flexibility index (Phi) is 5.58. The number of hydrogen-bond acceptors (Lipinski definition) is 2.